The van der Waals surface area contributed by atoms with Crippen LogP contribution in [0.15, 0.2) is 47.7 Å². The number of methoxy groups -OCH3 is 1. The maximum absolute atomic E-state index is 13.4. The third kappa shape index (κ3) is 5.69. The highest BCUT2D eigenvalue weighted by atomic mass is 35.5. The Labute approximate surface area is 193 Å². The molecule has 2 aromatic rings. The summed E-state index contributed by atoms with van der Waals surface area (Å²) in [5.74, 6) is -0.260. The van der Waals surface area contributed by atoms with Crippen molar-refractivity contribution in [3.63, 3.8) is 0 Å². The van der Waals surface area contributed by atoms with Crippen LogP contribution >= 0.6 is 11.6 Å². The molecular formula is C23H30ClN5O3. The second-order valence-electron chi connectivity index (χ2n) is 8.08. The maximum Gasteiger partial charge on any atom is 0.318 e. The van der Waals surface area contributed by atoms with Crippen molar-refractivity contribution in [3.05, 3.63) is 58.9 Å². The number of rotatable bonds is 8. The molecule has 1 aliphatic rings. The van der Waals surface area contributed by atoms with E-state index in [2.05, 4.69) is 10.4 Å². The van der Waals surface area contributed by atoms with E-state index in [9.17, 15) is 9.59 Å². The first-order valence-electron chi connectivity index (χ1n) is 10.6. The minimum atomic E-state index is -0.306. The second kappa shape index (κ2) is 10.7. The van der Waals surface area contributed by atoms with Crippen molar-refractivity contribution in [1.29, 1.82) is 0 Å². The van der Waals surface area contributed by atoms with E-state index in [1.54, 1.807) is 19.2 Å². The number of halogens is 1. The normalized spacial score (nSPS) is 15.8. The average Bonchev–Trinajstić information content (AvgIpc) is 3.37. The zero-order valence-electron chi connectivity index (χ0n) is 18.9. The highest BCUT2D eigenvalue weighted by molar-refractivity contribution is 6.30. The quantitative estimate of drug-likeness (QED) is 0.656. The van der Waals surface area contributed by atoms with Crippen molar-refractivity contribution >= 4 is 29.3 Å². The molecule has 8 nitrogen and oxygen atoms in total. The van der Waals surface area contributed by atoms with Crippen molar-refractivity contribution < 1.29 is 14.3 Å². The number of nitrogens with zero attached hydrogens (tertiary/aromatic N) is 4. The molecule has 1 N–H and O–H groups in total. The van der Waals surface area contributed by atoms with Crippen molar-refractivity contribution in [2.45, 2.75) is 32.4 Å². The highest BCUT2D eigenvalue weighted by Gasteiger charge is 2.35. The van der Waals surface area contributed by atoms with Gasteiger partial charge in [-0.1, -0.05) is 23.7 Å². The summed E-state index contributed by atoms with van der Waals surface area (Å²) in [5, 5.41) is 9.65. The first-order chi connectivity index (χ1) is 15.3. The second-order valence-corrected chi connectivity index (χ2v) is 8.52. The summed E-state index contributed by atoms with van der Waals surface area (Å²) >= 11 is 6.07. The number of nitrogens with one attached hydrogen (secondary N) is 1. The zero-order chi connectivity index (χ0) is 23.3. The summed E-state index contributed by atoms with van der Waals surface area (Å²) in [6.07, 6.45) is 2.52. The van der Waals surface area contributed by atoms with Gasteiger partial charge in [0.2, 0.25) is 0 Å². The van der Waals surface area contributed by atoms with Gasteiger partial charge in [-0.3, -0.25) is 4.79 Å². The number of aromatic nitrogens is 1. The Morgan fingerprint density at radius 3 is 2.59 bits per heavy atom. The van der Waals surface area contributed by atoms with E-state index in [0.717, 1.165) is 17.0 Å². The smallest absolute Gasteiger partial charge is 0.318 e. The van der Waals surface area contributed by atoms with Crippen LogP contribution in [0.25, 0.3) is 0 Å². The summed E-state index contributed by atoms with van der Waals surface area (Å²) < 4.78 is 7.10. The van der Waals surface area contributed by atoms with Gasteiger partial charge in [0.1, 0.15) is 6.54 Å². The number of carbonyl (C=O) groups excluding carboxylic acids is 2. The summed E-state index contributed by atoms with van der Waals surface area (Å²) in [5.41, 5.74) is 2.71. The molecule has 172 valence electrons. The van der Waals surface area contributed by atoms with Crippen LogP contribution in [0.4, 0.5) is 4.79 Å². The minimum Gasteiger partial charge on any atom is -0.383 e. The molecule has 1 atom stereocenters. The molecule has 1 aromatic heterocycles. The number of amides is 3. The molecule has 0 aliphatic carbocycles. The first-order valence-corrected chi connectivity index (χ1v) is 11.0. The van der Waals surface area contributed by atoms with Gasteiger partial charge >= 0.3 is 6.03 Å². The number of hydrazone groups is 1. The Morgan fingerprint density at radius 1 is 1.28 bits per heavy atom. The van der Waals surface area contributed by atoms with Gasteiger partial charge < -0.3 is 19.5 Å². The molecule has 0 spiro atoms. The number of urea groups is 1. The van der Waals surface area contributed by atoms with Crippen LogP contribution in [0.3, 0.4) is 0 Å². The number of hydrogen-bond acceptors (Lipinski definition) is 4. The van der Waals surface area contributed by atoms with Crippen LogP contribution in [0.5, 0.6) is 0 Å². The summed E-state index contributed by atoms with van der Waals surface area (Å²) in [7, 11) is 3.51. The van der Waals surface area contributed by atoms with E-state index in [1.165, 1.54) is 9.91 Å². The van der Waals surface area contributed by atoms with Gasteiger partial charge in [-0.2, -0.15) is 5.10 Å². The molecule has 3 amide bonds. The van der Waals surface area contributed by atoms with Crippen LogP contribution < -0.4 is 5.32 Å². The topological polar surface area (TPSA) is 79.2 Å². The molecule has 3 rings (SSSR count). The van der Waals surface area contributed by atoms with E-state index in [4.69, 9.17) is 16.3 Å². The average molecular weight is 460 g/mol. The molecule has 2 heterocycles. The third-order valence-electron chi connectivity index (χ3n) is 5.25. The predicted octanol–water partition coefficient (Wildman–Crippen LogP) is 3.42. The Balaban J connectivity index is 1.87. The summed E-state index contributed by atoms with van der Waals surface area (Å²) in [4.78, 5) is 27.5. The lowest BCUT2D eigenvalue weighted by Gasteiger charge is -2.27. The predicted molar refractivity (Wildman–Crippen MR) is 125 cm³/mol. The van der Waals surface area contributed by atoms with Gasteiger partial charge in [0.05, 0.1) is 24.1 Å². The molecule has 0 saturated carbocycles. The summed E-state index contributed by atoms with van der Waals surface area (Å²) in [6.45, 7) is 4.28. The monoisotopic (exact) mass is 459 g/mol. The fraction of sp³-hybridized carbons (Fsp3) is 0.435. The Kier molecular flexibility index (Phi) is 7.93. The third-order valence-corrected chi connectivity index (χ3v) is 5.50. The van der Waals surface area contributed by atoms with Crippen molar-refractivity contribution in [3.8, 4) is 0 Å². The number of hydrogen-bond donors (Lipinski definition) is 1. The zero-order valence-corrected chi connectivity index (χ0v) is 19.7. The largest absolute Gasteiger partial charge is 0.383 e. The number of ether oxygens (including phenoxy) is 1. The van der Waals surface area contributed by atoms with Crippen LogP contribution in [-0.4, -0.2) is 65.0 Å². The molecule has 0 bridgehead atoms. The minimum absolute atomic E-state index is 0.0433. The van der Waals surface area contributed by atoms with Gasteiger partial charge in [0, 0.05) is 44.4 Å². The molecular weight excluding hydrogens is 430 g/mol. The van der Waals surface area contributed by atoms with E-state index >= 15 is 0 Å². The van der Waals surface area contributed by atoms with Crippen molar-refractivity contribution in [1.82, 2.24) is 19.8 Å². The lowest BCUT2D eigenvalue weighted by atomic mass is 10.0. The Hall–Kier alpha value is -2.84. The fourth-order valence-corrected chi connectivity index (χ4v) is 3.75. The van der Waals surface area contributed by atoms with Gasteiger partial charge in [0.25, 0.3) is 5.91 Å². The van der Waals surface area contributed by atoms with Crippen molar-refractivity contribution in [2.75, 3.05) is 26.8 Å². The number of benzene rings is 1. The first kappa shape index (κ1) is 23.8. The Bertz CT molecular complexity index is 970. The summed E-state index contributed by atoms with van der Waals surface area (Å²) in [6, 6.07) is 10.7. The highest BCUT2D eigenvalue weighted by Crippen LogP contribution is 2.33. The van der Waals surface area contributed by atoms with Crippen LogP contribution in [0, 0.1) is 0 Å². The molecule has 0 fully saturated rings. The Morgan fingerprint density at radius 2 is 2.00 bits per heavy atom. The van der Waals surface area contributed by atoms with Gasteiger partial charge in [-0.05, 0) is 43.7 Å². The fourth-order valence-electron chi connectivity index (χ4n) is 3.63. The van der Waals surface area contributed by atoms with Crippen molar-refractivity contribution in [2.24, 2.45) is 12.1 Å². The lowest BCUT2D eigenvalue weighted by molar-refractivity contribution is -0.133. The van der Waals surface area contributed by atoms with Crippen LogP contribution in [-0.2, 0) is 16.6 Å². The molecule has 1 aliphatic heterocycles. The number of aryl methyl sites for hydroxylation is 1. The van der Waals surface area contributed by atoms with Gasteiger partial charge in [-0.15, -0.1) is 0 Å². The molecule has 32 heavy (non-hydrogen) atoms. The molecule has 0 radical (unpaired) electrons. The van der Waals surface area contributed by atoms with E-state index in [-0.39, 0.29) is 30.6 Å². The molecule has 0 saturated heterocycles. The maximum atomic E-state index is 13.4. The lowest BCUT2D eigenvalue weighted by Crippen LogP contribution is -2.48. The molecule has 1 aromatic carbocycles. The molecule has 0 unspecified atom stereocenters. The molecule has 9 heteroatoms. The van der Waals surface area contributed by atoms with Gasteiger partial charge in [0.15, 0.2) is 0 Å². The van der Waals surface area contributed by atoms with Crippen LogP contribution in [0.2, 0.25) is 5.02 Å². The SMILES string of the molecule is COCCN(CC(=O)N1N=C(c2cccn2C)C[C@@H]1c1ccc(Cl)cc1)C(=O)NC(C)C. The van der Waals surface area contributed by atoms with Gasteiger partial charge in [-0.25, -0.2) is 9.80 Å². The van der Waals surface area contributed by atoms with E-state index in [0.29, 0.717) is 24.6 Å². The van der Waals surface area contributed by atoms with Crippen LogP contribution in [0.1, 0.15) is 37.6 Å². The van der Waals surface area contributed by atoms with E-state index in [1.807, 2.05) is 55.9 Å². The number of carbonyl (C=O) groups is 2. The standard InChI is InChI=1S/C23H30ClN5O3/c1-16(2)25-23(31)28(12-13-32-4)15-22(30)29-21(17-7-9-18(24)10-8-17)14-19(26-29)20-6-5-11-27(20)3/h5-11,16,21H,12-15H2,1-4H3,(H,25,31)/t21-/m1/s1. The van der Waals surface area contributed by atoms with E-state index < -0.39 is 0 Å².